The van der Waals surface area contributed by atoms with Gasteiger partial charge < -0.3 is 20.3 Å². The number of rotatable bonds is 9. The Balaban J connectivity index is 1.47. The molecule has 1 atom stereocenters. The molecule has 0 spiro atoms. The van der Waals surface area contributed by atoms with Crippen molar-refractivity contribution in [2.45, 2.75) is 26.3 Å². The number of likely N-dealkylation sites (tertiary alicyclic amines) is 1. The molecule has 1 unspecified atom stereocenters. The summed E-state index contributed by atoms with van der Waals surface area (Å²) in [6, 6.07) is 18.3. The number of ether oxygens (including phenoxy) is 1. The molecular weight excluding hydrogens is 376 g/mol. The third kappa shape index (κ3) is 6.51. The number of nitrogens with zero attached hydrogens (tertiary/aromatic N) is 2. The summed E-state index contributed by atoms with van der Waals surface area (Å²) in [6.07, 6.45) is 1.50. The Morgan fingerprint density at radius 2 is 1.87 bits per heavy atom. The molecule has 0 aliphatic carbocycles. The molecule has 0 radical (unpaired) electrons. The second kappa shape index (κ2) is 11.2. The first kappa shape index (κ1) is 21.7. The van der Waals surface area contributed by atoms with Gasteiger partial charge in [0.1, 0.15) is 5.75 Å². The molecule has 2 aromatic carbocycles. The van der Waals surface area contributed by atoms with E-state index in [0.29, 0.717) is 18.9 Å². The molecule has 1 saturated heterocycles. The molecule has 0 saturated carbocycles. The van der Waals surface area contributed by atoms with Gasteiger partial charge >= 0.3 is 0 Å². The van der Waals surface area contributed by atoms with E-state index in [2.05, 4.69) is 34.7 Å². The minimum atomic E-state index is 0.248. The van der Waals surface area contributed by atoms with Gasteiger partial charge in [0, 0.05) is 38.5 Å². The largest absolute Gasteiger partial charge is 0.497 e. The molecule has 1 aliphatic rings. The van der Waals surface area contributed by atoms with Gasteiger partial charge in [-0.1, -0.05) is 42.5 Å². The van der Waals surface area contributed by atoms with Crippen molar-refractivity contribution >= 4 is 11.9 Å². The molecule has 0 aromatic heterocycles. The van der Waals surface area contributed by atoms with Crippen LogP contribution in [0.4, 0.5) is 0 Å². The van der Waals surface area contributed by atoms with Crippen molar-refractivity contribution < 1.29 is 9.53 Å². The smallest absolute Gasteiger partial charge is 0.223 e. The van der Waals surface area contributed by atoms with Gasteiger partial charge in [-0.05, 0) is 36.6 Å². The maximum Gasteiger partial charge on any atom is 0.223 e. The van der Waals surface area contributed by atoms with E-state index in [1.807, 2.05) is 47.4 Å². The van der Waals surface area contributed by atoms with Crippen LogP contribution in [0.5, 0.6) is 5.75 Å². The summed E-state index contributed by atoms with van der Waals surface area (Å²) in [7, 11) is 1.66. The fourth-order valence-corrected chi connectivity index (χ4v) is 3.60. The lowest BCUT2D eigenvalue weighted by molar-refractivity contribution is -0.127. The third-order valence-corrected chi connectivity index (χ3v) is 5.29. The molecular formula is C24H32N4O2. The number of hydrogen-bond acceptors (Lipinski definition) is 3. The zero-order valence-electron chi connectivity index (χ0n) is 17.9. The molecule has 6 nitrogen and oxygen atoms in total. The number of carbonyl (C=O) groups is 1. The third-order valence-electron chi connectivity index (χ3n) is 5.29. The van der Waals surface area contributed by atoms with Crippen molar-refractivity contribution in [1.82, 2.24) is 15.5 Å². The molecule has 1 amide bonds. The topological polar surface area (TPSA) is 66.0 Å². The standard InChI is InChI=1S/C24H32N4O2/c1-3-25-24(26-16-20-9-11-22(30-2)12-10-20)27-17-21-15-23(29)28(18-21)14-13-19-7-5-4-6-8-19/h4-12,21H,3,13-18H2,1-2H3,(H2,25,26,27). The predicted octanol–water partition coefficient (Wildman–Crippen LogP) is 2.84. The lowest BCUT2D eigenvalue weighted by Crippen LogP contribution is -2.40. The summed E-state index contributed by atoms with van der Waals surface area (Å²) in [5, 5.41) is 6.69. The Labute approximate surface area is 179 Å². The number of carbonyl (C=O) groups excluding carboxylic acids is 1. The van der Waals surface area contributed by atoms with Gasteiger partial charge in [-0.25, -0.2) is 4.99 Å². The fourth-order valence-electron chi connectivity index (χ4n) is 3.60. The zero-order chi connectivity index (χ0) is 21.2. The van der Waals surface area contributed by atoms with E-state index in [-0.39, 0.29) is 5.91 Å². The number of aliphatic imine (C=N–C) groups is 1. The summed E-state index contributed by atoms with van der Waals surface area (Å²) >= 11 is 0. The van der Waals surface area contributed by atoms with Gasteiger partial charge in [-0.3, -0.25) is 4.79 Å². The average Bonchev–Trinajstić information content (AvgIpc) is 3.14. The van der Waals surface area contributed by atoms with Gasteiger partial charge in [-0.15, -0.1) is 0 Å². The van der Waals surface area contributed by atoms with Crippen LogP contribution in [0.15, 0.2) is 59.6 Å². The Morgan fingerprint density at radius 3 is 2.57 bits per heavy atom. The average molecular weight is 409 g/mol. The minimum absolute atomic E-state index is 0.248. The van der Waals surface area contributed by atoms with E-state index in [4.69, 9.17) is 4.74 Å². The summed E-state index contributed by atoms with van der Waals surface area (Å²) < 4.78 is 5.20. The van der Waals surface area contributed by atoms with Gasteiger partial charge in [-0.2, -0.15) is 0 Å². The lowest BCUT2D eigenvalue weighted by Gasteiger charge is -2.18. The van der Waals surface area contributed by atoms with Crippen molar-refractivity contribution in [3.8, 4) is 5.75 Å². The highest BCUT2D eigenvalue weighted by molar-refractivity contribution is 5.81. The Kier molecular flexibility index (Phi) is 8.12. The van der Waals surface area contributed by atoms with Crippen molar-refractivity contribution in [3.63, 3.8) is 0 Å². The quantitative estimate of drug-likeness (QED) is 0.495. The van der Waals surface area contributed by atoms with Crippen molar-refractivity contribution in [3.05, 3.63) is 65.7 Å². The normalized spacial score (nSPS) is 16.6. The first-order chi connectivity index (χ1) is 14.7. The highest BCUT2D eigenvalue weighted by atomic mass is 16.5. The van der Waals surface area contributed by atoms with E-state index < -0.39 is 0 Å². The molecule has 160 valence electrons. The Bertz CT molecular complexity index is 821. The van der Waals surface area contributed by atoms with Crippen LogP contribution in [-0.2, 0) is 17.8 Å². The van der Waals surface area contributed by atoms with Crippen LogP contribution >= 0.6 is 0 Å². The van der Waals surface area contributed by atoms with Crippen LogP contribution in [0, 0.1) is 5.92 Å². The summed E-state index contributed by atoms with van der Waals surface area (Å²) in [5.41, 5.74) is 2.39. The minimum Gasteiger partial charge on any atom is -0.497 e. The van der Waals surface area contributed by atoms with Gasteiger partial charge in [0.15, 0.2) is 5.96 Å². The van der Waals surface area contributed by atoms with E-state index >= 15 is 0 Å². The number of guanidine groups is 1. The van der Waals surface area contributed by atoms with Crippen LogP contribution in [0.3, 0.4) is 0 Å². The maximum absolute atomic E-state index is 12.4. The van der Waals surface area contributed by atoms with Crippen LogP contribution in [-0.4, -0.2) is 50.1 Å². The molecule has 0 bridgehead atoms. The second-order valence-corrected chi connectivity index (χ2v) is 7.57. The molecule has 6 heteroatoms. The van der Waals surface area contributed by atoms with Crippen LogP contribution in [0.2, 0.25) is 0 Å². The first-order valence-corrected chi connectivity index (χ1v) is 10.6. The number of nitrogens with one attached hydrogen (secondary N) is 2. The van der Waals surface area contributed by atoms with Gasteiger partial charge in [0.05, 0.1) is 13.7 Å². The van der Waals surface area contributed by atoms with E-state index in [1.54, 1.807) is 7.11 Å². The van der Waals surface area contributed by atoms with E-state index in [0.717, 1.165) is 49.9 Å². The summed E-state index contributed by atoms with van der Waals surface area (Å²) in [4.78, 5) is 19.0. The van der Waals surface area contributed by atoms with Crippen molar-refractivity contribution in [2.75, 3.05) is 33.3 Å². The van der Waals surface area contributed by atoms with Crippen LogP contribution in [0.1, 0.15) is 24.5 Å². The van der Waals surface area contributed by atoms with Gasteiger partial charge in [0.25, 0.3) is 0 Å². The van der Waals surface area contributed by atoms with Crippen molar-refractivity contribution in [2.24, 2.45) is 10.9 Å². The Morgan fingerprint density at radius 1 is 1.10 bits per heavy atom. The number of hydrogen-bond donors (Lipinski definition) is 2. The predicted molar refractivity (Wildman–Crippen MR) is 121 cm³/mol. The molecule has 3 rings (SSSR count). The molecule has 1 aliphatic heterocycles. The van der Waals surface area contributed by atoms with Gasteiger partial charge in [0.2, 0.25) is 5.91 Å². The van der Waals surface area contributed by atoms with Crippen molar-refractivity contribution in [1.29, 1.82) is 0 Å². The highest BCUT2D eigenvalue weighted by Gasteiger charge is 2.29. The summed E-state index contributed by atoms with van der Waals surface area (Å²) in [6.45, 7) is 5.76. The SMILES string of the molecule is CCNC(=NCc1ccc(OC)cc1)NCC1CC(=O)N(CCc2ccccc2)C1. The number of amides is 1. The zero-order valence-corrected chi connectivity index (χ0v) is 17.9. The summed E-state index contributed by atoms with van der Waals surface area (Å²) in [5.74, 6) is 2.18. The maximum atomic E-state index is 12.4. The molecule has 30 heavy (non-hydrogen) atoms. The van der Waals surface area contributed by atoms with Crippen LogP contribution in [0.25, 0.3) is 0 Å². The molecule has 1 heterocycles. The first-order valence-electron chi connectivity index (χ1n) is 10.6. The second-order valence-electron chi connectivity index (χ2n) is 7.57. The van der Waals surface area contributed by atoms with E-state index in [9.17, 15) is 4.79 Å². The van der Waals surface area contributed by atoms with E-state index in [1.165, 1.54) is 5.56 Å². The lowest BCUT2D eigenvalue weighted by atomic mass is 10.1. The Hall–Kier alpha value is -3.02. The fraction of sp³-hybridized carbons (Fsp3) is 0.417. The van der Waals surface area contributed by atoms with Crippen LogP contribution < -0.4 is 15.4 Å². The molecule has 2 aromatic rings. The monoisotopic (exact) mass is 408 g/mol. The number of methoxy groups -OCH3 is 1. The molecule has 2 N–H and O–H groups in total. The number of benzene rings is 2. The highest BCUT2D eigenvalue weighted by Crippen LogP contribution is 2.18. The molecule has 1 fully saturated rings.